The van der Waals surface area contributed by atoms with Crippen molar-refractivity contribution >= 4 is 28.5 Å². The standard InChI is InChI=1S/C15H12F2N4O2S/c1-2-12-20-21-15(24-12)19-13(22)10(8-18)7-9-5-3-4-6-11(9)23-14(16)17/h3-7,14H,2H2,1H3,(H,19,21,22)/b10-7-. The van der Waals surface area contributed by atoms with Crippen LogP contribution in [0.3, 0.4) is 0 Å². The molecule has 1 N–H and O–H groups in total. The first-order valence-corrected chi connectivity index (χ1v) is 7.64. The summed E-state index contributed by atoms with van der Waals surface area (Å²) < 4.78 is 29.2. The second-order valence-corrected chi connectivity index (χ2v) is 5.46. The van der Waals surface area contributed by atoms with Gasteiger partial charge in [-0.05, 0) is 18.6 Å². The van der Waals surface area contributed by atoms with Crippen LogP contribution in [0.15, 0.2) is 29.8 Å². The van der Waals surface area contributed by atoms with Crippen LogP contribution in [0.25, 0.3) is 6.08 Å². The number of carbonyl (C=O) groups excluding carboxylic acids is 1. The molecule has 1 aromatic heterocycles. The lowest BCUT2D eigenvalue weighted by Gasteiger charge is -2.08. The Labute approximate surface area is 140 Å². The van der Waals surface area contributed by atoms with Crippen LogP contribution in [0.4, 0.5) is 13.9 Å². The van der Waals surface area contributed by atoms with Crippen molar-refractivity contribution in [2.75, 3.05) is 5.32 Å². The third-order valence-corrected chi connectivity index (χ3v) is 3.77. The van der Waals surface area contributed by atoms with E-state index in [9.17, 15) is 13.6 Å². The fraction of sp³-hybridized carbons (Fsp3) is 0.200. The van der Waals surface area contributed by atoms with Crippen LogP contribution >= 0.6 is 11.3 Å². The summed E-state index contributed by atoms with van der Waals surface area (Å²) in [6.07, 6.45) is 1.85. The highest BCUT2D eigenvalue weighted by atomic mass is 32.1. The van der Waals surface area contributed by atoms with Crippen molar-refractivity contribution in [3.05, 3.63) is 40.4 Å². The maximum Gasteiger partial charge on any atom is 0.387 e. The summed E-state index contributed by atoms with van der Waals surface area (Å²) in [4.78, 5) is 12.1. The van der Waals surface area contributed by atoms with Crippen LogP contribution in [-0.2, 0) is 11.2 Å². The van der Waals surface area contributed by atoms with Crippen molar-refractivity contribution in [3.8, 4) is 11.8 Å². The second kappa shape index (κ2) is 8.12. The number of hydrogen-bond donors (Lipinski definition) is 1. The zero-order chi connectivity index (χ0) is 17.5. The summed E-state index contributed by atoms with van der Waals surface area (Å²) in [5.74, 6) is -0.833. The third-order valence-electron chi connectivity index (χ3n) is 2.79. The van der Waals surface area contributed by atoms with E-state index in [1.165, 1.54) is 35.6 Å². The van der Waals surface area contributed by atoms with Crippen molar-refractivity contribution in [1.82, 2.24) is 10.2 Å². The molecule has 1 aromatic carbocycles. The van der Waals surface area contributed by atoms with E-state index in [1.807, 2.05) is 6.92 Å². The summed E-state index contributed by atoms with van der Waals surface area (Å²) in [5, 5.41) is 20.2. The number of nitriles is 1. The van der Waals surface area contributed by atoms with Gasteiger partial charge in [0.1, 0.15) is 22.4 Å². The largest absolute Gasteiger partial charge is 0.434 e. The van der Waals surface area contributed by atoms with Crippen molar-refractivity contribution in [3.63, 3.8) is 0 Å². The Morgan fingerprint density at radius 2 is 2.21 bits per heavy atom. The second-order valence-electron chi connectivity index (χ2n) is 4.39. The monoisotopic (exact) mass is 350 g/mol. The number of nitrogens with one attached hydrogen (secondary N) is 1. The highest BCUT2D eigenvalue weighted by Gasteiger charge is 2.14. The Balaban J connectivity index is 2.22. The molecule has 1 amide bonds. The summed E-state index contributed by atoms with van der Waals surface area (Å²) in [6.45, 7) is -1.11. The van der Waals surface area contributed by atoms with Crippen LogP contribution in [-0.4, -0.2) is 22.7 Å². The van der Waals surface area contributed by atoms with Gasteiger partial charge in [0.05, 0.1) is 0 Å². The first-order chi connectivity index (χ1) is 11.5. The Morgan fingerprint density at radius 1 is 1.46 bits per heavy atom. The zero-order valence-electron chi connectivity index (χ0n) is 12.5. The third kappa shape index (κ3) is 4.57. The molecule has 124 valence electrons. The number of ether oxygens (including phenoxy) is 1. The van der Waals surface area contributed by atoms with E-state index in [0.717, 1.165) is 5.01 Å². The molecule has 9 heteroatoms. The Bertz CT molecular complexity index is 799. The van der Waals surface area contributed by atoms with E-state index in [1.54, 1.807) is 12.1 Å². The first kappa shape index (κ1) is 17.5. The fourth-order valence-corrected chi connectivity index (χ4v) is 2.39. The minimum Gasteiger partial charge on any atom is -0.434 e. The molecule has 6 nitrogen and oxygen atoms in total. The van der Waals surface area contributed by atoms with E-state index < -0.39 is 12.5 Å². The van der Waals surface area contributed by atoms with E-state index in [0.29, 0.717) is 6.42 Å². The van der Waals surface area contributed by atoms with E-state index in [-0.39, 0.29) is 22.0 Å². The number of rotatable bonds is 6. The first-order valence-electron chi connectivity index (χ1n) is 6.82. The maximum absolute atomic E-state index is 12.4. The van der Waals surface area contributed by atoms with E-state index in [4.69, 9.17) is 5.26 Å². The Kier molecular flexibility index (Phi) is 5.92. The number of anilines is 1. The summed E-state index contributed by atoms with van der Waals surface area (Å²) in [5.41, 5.74) is -0.0791. The summed E-state index contributed by atoms with van der Waals surface area (Å²) in [6, 6.07) is 7.61. The van der Waals surface area contributed by atoms with Crippen LogP contribution in [0.2, 0.25) is 0 Å². The average Bonchev–Trinajstić information content (AvgIpc) is 3.01. The number of halogens is 2. The highest BCUT2D eigenvalue weighted by molar-refractivity contribution is 7.15. The number of aromatic nitrogens is 2. The fourth-order valence-electron chi connectivity index (χ4n) is 1.72. The molecule has 0 aliphatic heterocycles. The Morgan fingerprint density at radius 3 is 2.83 bits per heavy atom. The molecule has 0 aliphatic rings. The lowest BCUT2D eigenvalue weighted by atomic mass is 10.1. The summed E-state index contributed by atoms with van der Waals surface area (Å²) >= 11 is 1.19. The number of aryl methyl sites for hydroxylation is 1. The SMILES string of the molecule is CCc1nnc(NC(=O)/C(C#N)=C\c2ccccc2OC(F)F)s1. The molecule has 0 fully saturated rings. The lowest BCUT2D eigenvalue weighted by molar-refractivity contribution is -0.112. The van der Waals surface area contributed by atoms with Gasteiger partial charge in [0, 0.05) is 5.56 Å². The topological polar surface area (TPSA) is 87.9 Å². The van der Waals surface area contributed by atoms with Crippen LogP contribution in [0.1, 0.15) is 17.5 Å². The molecule has 1 heterocycles. The van der Waals surface area contributed by atoms with Crippen molar-refractivity contribution < 1.29 is 18.3 Å². The number of carbonyl (C=O) groups is 1. The molecule has 0 radical (unpaired) electrons. The van der Waals surface area contributed by atoms with Gasteiger partial charge in [-0.3, -0.25) is 10.1 Å². The average molecular weight is 350 g/mol. The number of para-hydroxylation sites is 1. The van der Waals surface area contributed by atoms with Gasteiger partial charge in [0.15, 0.2) is 0 Å². The molecular formula is C15H12F2N4O2S. The molecular weight excluding hydrogens is 338 g/mol. The van der Waals surface area contributed by atoms with Crippen LogP contribution in [0.5, 0.6) is 5.75 Å². The number of hydrogen-bond acceptors (Lipinski definition) is 6. The highest BCUT2D eigenvalue weighted by Crippen LogP contribution is 2.23. The van der Waals surface area contributed by atoms with Gasteiger partial charge >= 0.3 is 6.61 Å². The smallest absolute Gasteiger partial charge is 0.387 e. The van der Waals surface area contributed by atoms with Gasteiger partial charge in [0.25, 0.3) is 5.91 Å². The number of amides is 1. The maximum atomic E-state index is 12.4. The van der Waals surface area contributed by atoms with Gasteiger partial charge in [-0.15, -0.1) is 10.2 Å². The van der Waals surface area contributed by atoms with Crippen molar-refractivity contribution in [2.24, 2.45) is 0 Å². The van der Waals surface area contributed by atoms with Gasteiger partial charge < -0.3 is 4.74 Å². The molecule has 0 bridgehead atoms. The number of nitrogens with zero attached hydrogens (tertiary/aromatic N) is 3. The molecule has 0 atom stereocenters. The molecule has 2 rings (SSSR count). The molecule has 0 unspecified atom stereocenters. The van der Waals surface area contributed by atoms with Gasteiger partial charge in [0.2, 0.25) is 5.13 Å². The molecule has 0 aliphatic carbocycles. The van der Waals surface area contributed by atoms with Gasteiger partial charge in [-0.1, -0.05) is 36.5 Å². The zero-order valence-corrected chi connectivity index (χ0v) is 13.3. The molecule has 0 saturated carbocycles. The minimum atomic E-state index is -3.01. The number of alkyl halides is 2. The number of benzene rings is 1. The van der Waals surface area contributed by atoms with Crippen LogP contribution < -0.4 is 10.1 Å². The minimum absolute atomic E-state index is 0.128. The predicted octanol–water partition coefficient (Wildman–Crippen LogP) is 3.25. The van der Waals surface area contributed by atoms with Gasteiger partial charge in [-0.2, -0.15) is 14.0 Å². The van der Waals surface area contributed by atoms with Gasteiger partial charge in [-0.25, -0.2) is 0 Å². The molecule has 0 saturated heterocycles. The molecule has 24 heavy (non-hydrogen) atoms. The molecule has 0 spiro atoms. The van der Waals surface area contributed by atoms with Crippen molar-refractivity contribution in [1.29, 1.82) is 5.26 Å². The quantitative estimate of drug-likeness (QED) is 0.638. The van der Waals surface area contributed by atoms with E-state index >= 15 is 0 Å². The molecule has 2 aromatic rings. The Hall–Kier alpha value is -2.86. The van der Waals surface area contributed by atoms with Crippen LogP contribution in [0, 0.1) is 11.3 Å². The summed E-state index contributed by atoms with van der Waals surface area (Å²) in [7, 11) is 0. The lowest BCUT2D eigenvalue weighted by Crippen LogP contribution is -2.13. The normalized spacial score (nSPS) is 11.2. The predicted molar refractivity (Wildman–Crippen MR) is 84.6 cm³/mol. The van der Waals surface area contributed by atoms with Crippen molar-refractivity contribution in [2.45, 2.75) is 20.0 Å². The van der Waals surface area contributed by atoms with E-state index in [2.05, 4.69) is 20.3 Å².